The van der Waals surface area contributed by atoms with Crippen LogP contribution in [0.3, 0.4) is 0 Å². The molecular weight excluding hydrogens is 406 g/mol. The Morgan fingerprint density at radius 1 is 1.09 bits per heavy atom. The molecule has 0 radical (unpaired) electrons. The van der Waals surface area contributed by atoms with E-state index >= 15 is 0 Å². The van der Waals surface area contributed by atoms with Gasteiger partial charge in [-0.25, -0.2) is 9.97 Å². The van der Waals surface area contributed by atoms with Gasteiger partial charge in [-0.05, 0) is 30.5 Å². The Kier molecular flexibility index (Phi) is 6.13. The van der Waals surface area contributed by atoms with E-state index in [1.807, 2.05) is 6.07 Å². The molecule has 168 valence electrons. The van der Waals surface area contributed by atoms with E-state index in [1.54, 1.807) is 12.4 Å². The van der Waals surface area contributed by atoms with Crippen molar-refractivity contribution in [3.63, 3.8) is 0 Å². The van der Waals surface area contributed by atoms with Gasteiger partial charge in [-0.3, -0.25) is 16.0 Å². The van der Waals surface area contributed by atoms with E-state index in [9.17, 15) is 5.11 Å². The minimum Gasteiger partial charge on any atom is -0.378 e. The van der Waals surface area contributed by atoms with Gasteiger partial charge in [0, 0.05) is 56.4 Å². The average Bonchev–Trinajstić information content (AvgIpc) is 3.32. The zero-order valence-corrected chi connectivity index (χ0v) is 18.0. The van der Waals surface area contributed by atoms with E-state index in [4.69, 9.17) is 15.5 Å². The van der Waals surface area contributed by atoms with E-state index in [1.165, 1.54) is 5.69 Å². The molecule has 32 heavy (non-hydrogen) atoms. The molecule has 2 aromatic heterocycles. The fraction of sp³-hybridized carbons (Fsp3) is 0.435. The van der Waals surface area contributed by atoms with Crippen LogP contribution in [0.4, 0.5) is 11.5 Å². The lowest BCUT2D eigenvalue weighted by molar-refractivity contribution is 0.122. The van der Waals surface area contributed by atoms with Gasteiger partial charge >= 0.3 is 0 Å². The SMILES string of the molecule is NC(O)NC[C@H]1CCN(c2nc(-c3ccc(N4CCOCC4)cc3)cc3nccnc23)C1. The smallest absolute Gasteiger partial charge is 0.157 e. The van der Waals surface area contributed by atoms with Crippen LogP contribution < -0.4 is 20.9 Å². The number of hydrogen-bond acceptors (Lipinski definition) is 9. The van der Waals surface area contributed by atoms with Crippen LogP contribution in [-0.2, 0) is 4.74 Å². The molecule has 2 fully saturated rings. The predicted octanol–water partition coefficient (Wildman–Crippen LogP) is 1.18. The zero-order valence-electron chi connectivity index (χ0n) is 18.0. The van der Waals surface area contributed by atoms with Crippen molar-refractivity contribution in [3.05, 3.63) is 42.7 Å². The topological polar surface area (TPSA) is 113 Å². The van der Waals surface area contributed by atoms with Gasteiger partial charge in [-0.2, -0.15) is 0 Å². The van der Waals surface area contributed by atoms with Crippen molar-refractivity contribution in [2.24, 2.45) is 11.7 Å². The quantitative estimate of drug-likeness (QED) is 0.491. The Bertz CT molecular complexity index is 1050. The summed E-state index contributed by atoms with van der Waals surface area (Å²) in [6.07, 6.45) is 3.44. The molecule has 4 N–H and O–H groups in total. The lowest BCUT2D eigenvalue weighted by atomic mass is 10.1. The normalized spacial score (nSPS) is 20.1. The van der Waals surface area contributed by atoms with Crippen molar-refractivity contribution < 1.29 is 9.84 Å². The molecule has 0 saturated carbocycles. The fourth-order valence-corrected chi connectivity index (χ4v) is 4.47. The van der Waals surface area contributed by atoms with Crippen LogP contribution >= 0.6 is 0 Å². The standard InChI is InChI=1S/C23H29N7O2/c24-23(31)27-14-16-5-8-30(15-16)22-21-20(25-6-7-26-21)13-19(28-22)17-1-3-18(4-2-17)29-9-11-32-12-10-29/h1-4,6-7,13,16,23,27,31H,5,8-12,14-15,24H2/t16-,23?/m1/s1. The summed E-state index contributed by atoms with van der Waals surface area (Å²) >= 11 is 0. The fourth-order valence-electron chi connectivity index (χ4n) is 4.47. The monoisotopic (exact) mass is 435 g/mol. The Morgan fingerprint density at radius 2 is 1.88 bits per heavy atom. The van der Waals surface area contributed by atoms with Crippen molar-refractivity contribution >= 4 is 22.5 Å². The molecule has 2 aliphatic rings. The van der Waals surface area contributed by atoms with Crippen LogP contribution in [0.15, 0.2) is 42.7 Å². The molecule has 0 aliphatic carbocycles. The largest absolute Gasteiger partial charge is 0.378 e. The van der Waals surface area contributed by atoms with Crippen molar-refractivity contribution in [1.29, 1.82) is 0 Å². The second-order valence-electron chi connectivity index (χ2n) is 8.36. The van der Waals surface area contributed by atoms with Crippen LogP contribution in [0.2, 0.25) is 0 Å². The first-order chi connectivity index (χ1) is 15.7. The number of fused-ring (bicyclic) bond motifs is 1. The van der Waals surface area contributed by atoms with Gasteiger partial charge in [0.25, 0.3) is 0 Å². The Labute approximate surface area is 187 Å². The summed E-state index contributed by atoms with van der Waals surface area (Å²) < 4.78 is 5.46. The van der Waals surface area contributed by atoms with Gasteiger partial charge in [-0.1, -0.05) is 12.1 Å². The maximum Gasteiger partial charge on any atom is 0.157 e. The number of hydrogen-bond donors (Lipinski definition) is 3. The zero-order chi connectivity index (χ0) is 21.9. The lowest BCUT2D eigenvalue weighted by Crippen LogP contribution is -2.40. The van der Waals surface area contributed by atoms with Crippen LogP contribution in [0, 0.1) is 5.92 Å². The minimum atomic E-state index is -0.988. The maximum absolute atomic E-state index is 9.32. The van der Waals surface area contributed by atoms with Crippen molar-refractivity contribution in [1.82, 2.24) is 20.3 Å². The molecule has 0 spiro atoms. The van der Waals surface area contributed by atoms with Gasteiger partial charge in [-0.15, -0.1) is 0 Å². The van der Waals surface area contributed by atoms with Gasteiger partial charge in [0.2, 0.25) is 0 Å². The summed E-state index contributed by atoms with van der Waals surface area (Å²) in [5, 5.41) is 12.2. The summed E-state index contributed by atoms with van der Waals surface area (Å²) in [4.78, 5) is 18.8. The summed E-state index contributed by atoms with van der Waals surface area (Å²) in [6, 6.07) is 10.6. The van der Waals surface area contributed by atoms with Crippen molar-refractivity contribution in [2.45, 2.75) is 12.8 Å². The number of nitrogens with two attached hydrogens (primary N) is 1. The molecule has 5 rings (SSSR count). The summed E-state index contributed by atoms with van der Waals surface area (Å²) in [5.41, 5.74) is 10.2. The first kappa shape index (κ1) is 21.0. The third-order valence-electron chi connectivity index (χ3n) is 6.18. The second kappa shape index (κ2) is 9.33. The predicted molar refractivity (Wildman–Crippen MR) is 124 cm³/mol. The van der Waals surface area contributed by atoms with Crippen LogP contribution in [0.25, 0.3) is 22.3 Å². The highest BCUT2D eigenvalue weighted by molar-refractivity contribution is 5.89. The van der Waals surface area contributed by atoms with Crippen LogP contribution in [0.5, 0.6) is 0 Å². The number of benzene rings is 1. The number of anilines is 2. The van der Waals surface area contributed by atoms with Gasteiger partial charge < -0.3 is 19.6 Å². The van der Waals surface area contributed by atoms with E-state index in [2.05, 4.69) is 49.4 Å². The lowest BCUT2D eigenvalue weighted by Gasteiger charge is -2.29. The first-order valence-electron chi connectivity index (χ1n) is 11.1. The van der Waals surface area contributed by atoms with Crippen LogP contribution in [0.1, 0.15) is 6.42 Å². The molecule has 3 aromatic rings. The number of ether oxygens (including phenoxy) is 1. The van der Waals surface area contributed by atoms with E-state index in [0.717, 1.165) is 73.9 Å². The Morgan fingerprint density at radius 3 is 2.66 bits per heavy atom. The van der Waals surface area contributed by atoms with Gasteiger partial charge in [0.05, 0.1) is 24.4 Å². The van der Waals surface area contributed by atoms with Gasteiger partial charge in [0.15, 0.2) is 12.2 Å². The molecule has 0 bridgehead atoms. The highest BCUT2D eigenvalue weighted by atomic mass is 16.5. The second-order valence-corrected chi connectivity index (χ2v) is 8.36. The summed E-state index contributed by atoms with van der Waals surface area (Å²) in [7, 11) is 0. The van der Waals surface area contributed by atoms with E-state index < -0.39 is 6.35 Å². The molecular formula is C23H29N7O2. The number of morpholine rings is 1. The van der Waals surface area contributed by atoms with Gasteiger partial charge in [0.1, 0.15) is 5.52 Å². The van der Waals surface area contributed by atoms with Crippen molar-refractivity contribution in [3.8, 4) is 11.3 Å². The molecule has 2 aliphatic heterocycles. The number of nitrogens with zero attached hydrogens (tertiary/aromatic N) is 5. The number of aromatic nitrogens is 3. The number of nitrogens with one attached hydrogen (secondary N) is 1. The van der Waals surface area contributed by atoms with Crippen molar-refractivity contribution in [2.75, 3.05) is 55.7 Å². The Hall–Kier alpha value is -2.85. The number of aliphatic hydroxyl groups excluding tert-OH is 1. The molecule has 2 saturated heterocycles. The summed E-state index contributed by atoms with van der Waals surface area (Å²) in [5.74, 6) is 1.25. The molecule has 4 heterocycles. The number of rotatable bonds is 6. The highest BCUT2D eigenvalue weighted by Crippen LogP contribution is 2.31. The maximum atomic E-state index is 9.32. The van der Waals surface area contributed by atoms with E-state index in [-0.39, 0.29) is 0 Å². The number of pyridine rings is 1. The molecule has 0 amide bonds. The number of aliphatic hydroxyl groups is 1. The molecule has 1 unspecified atom stereocenters. The molecule has 2 atom stereocenters. The average molecular weight is 436 g/mol. The van der Waals surface area contributed by atoms with Crippen LogP contribution in [-0.4, -0.2) is 72.3 Å². The summed E-state index contributed by atoms with van der Waals surface area (Å²) in [6.45, 7) is 5.75. The molecule has 9 heteroatoms. The first-order valence-corrected chi connectivity index (χ1v) is 11.1. The highest BCUT2D eigenvalue weighted by Gasteiger charge is 2.26. The Balaban J connectivity index is 1.42. The third-order valence-corrected chi connectivity index (χ3v) is 6.18. The minimum absolute atomic E-state index is 0.387. The third kappa shape index (κ3) is 4.51. The van der Waals surface area contributed by atoms with E-state index in [0.29, 0.717) is 12.5 Å². The molecule has 1 aromatic carbocycles. The molecule has 9 nitrogen and oxygen atoms in total.